The average molecular weight is 500 g/mol. The van der Waals surface area contributed by atoms with Gasteiger partial charge in [-0.1, -0.05) is 25.1 Å². The number of carbonyl (C=O) groups is 2. The molecule has 0 saturated heterocycles. The molecule has 4 heteroatoms. The Balaban J connectivity index is 1.38. The summed E-state index contributed by atoms with van der Waals surface area (Å²) in [7, 11) is 0. The zero-order valence-corrected chi connectivity index (χ0v) is 18.8. The van der Waals surface area contributed by atoms with Crippen molar-refractivity contribution in [2.45, 2.75) is 51.4 Å². The second-order valence-corrected chi connectivity index (χ2v) is 10.2. The van der Waals surface area contributed by atoms with Crippen molar-refractivity contribution in [3.8, 4) is 5.75 Å². The zero-order chi connectivity index (χ0) is 20.2. The molecule has 150 valence electrons. The molecule has 0 N–H and O–H groups in total. The van der Waals surface area contributed by atoms with Crippen LogP contribution in [0.5, 0.6) is 5.75 Å². The number of hydrogen-bond acceptors (Lipinski definition) is 3. The van der Waals surface area contributed by atoms with E-state index in [1.807, 2.05) is 24.3 Å². The maximum Gasteiger partial charge on any atom is 0.344 e. The fourth-order valence-electron chi connectivity index (χ4n) is 6.18. The lowest BCUT2D eigenvalue weighted by Gasteiger charge is -2.48. The summed E-state index contributed by atoms with van der Waals surface area (Å²) in [5.41, 5.74) is 3.24. The van der Waals surface area contributed by atoms with E-state index in [2.05, 4.69) is 41.6 Å². The minimum atomic E-state index is -0.304. The molecule has 29 heavy (non-hydrogen) atoms. The van der Waals surface area contributed by atoms with Crippen molar-refractivity contribution in [3.05, 3.63) is 62.7 Å². The number of ether oxygens (including phenoxy) is 1. The van der Waals surface area contributed by atoms with Crippen LogP contribution in [0.25, 0.3) is 0 Å². The Labute approximate surface area is 185 Å². The van der Waals surface area contributed by atoms with Gasteiger partial charge < -0.3 is 4.74 Å². The van der Waals surface area contributed by atoms with Gasteiger partial charge in [-0.2, -0.15) is 0 Å². The lowest BCUT2D eigenvalue weighted by Crippen LogP contribution is -2.42. The molecule has 2 aromatic rings. The van der Waals surface area contributed by atoms with Gasteiger partial charge in [0, 0.05) is 15.4 Å². The Morgan fingerprint density at radius 3 is 2.76 bits per heavy atom. The number of fused-ring (bicyclic) bond motifs is 5. The van der Waals surface area contributed by atoms with Gasteiger partial charge in [0.2, 0.25) is 0 Å². The number of aryl methyl sites for hydroxylation is 1. The highest BCUT2D eigenvalue weighted by molar-refractivity contribution is 14.1. The third kappa shape index (κ3) is 3.15. The highest BCUT2D eigenvalue weighted by atomic mass is 127. The molecule has 3 aliphatic rings. The molecule has 0 heterocycles. The first-order valence-corrected chi connectivity index (χ1v) is 11.7. The van der Waals surface area contributed by atoms with Gasteiger partial charge in [-0.25, -0.2) is 4.79 Å². The van der Waals surface area contributed by atoms with Crippen LogP contribution in [0.15, 0.2) is 42.5 Å². The molecule has 0 radical (unpaired) electrons. The third-order valence-corrected chi connectivity index (χ3v) is 8.65. The average Bonchev–Trinajstić information content (AvgIpc) is 3.02. The number of rotatable bonds is 2. The van der Waals surface area contributed by atoms with Gasteiger partial charge in [0.15, 0.2) is 0 Å². The van der Waals surface area contributed by atoms with Crippen LogP contribution in [0, 0.1) is 20.8 Å². The van der Waals surface area contributed by atoms with E-state index >= 15 is 0 Å². The van der Waals surface area contributed by atoms with E-state index in [1.54, 1.807) is 6.07 Å². The number of esters is 1. The van der Waals surface area contributed by atoms with Gasteiger partial charge >= 0.3 is 5.97 Å². The minimum absolute atomic E-state index is 0.0824. The Bertz CT molecular complexity index is 997. The van der Waals surface area contributed by atoms with Crippen molar-refractivity contribution in [1.29, 1.82) is 0 Å². The number of ketones is 1. The molecule has 0 unspecified atom stereocenters. The SMILES string of the molecule is C[C@]12CC[C@@H]3c4ccc(OC(=O)c5ccccc5I)cc4CC[C@H]3[C@@H]1CCC2=O. The van der Waals surface area contributed by atoms with Crippen molar-refractivity contribution in [3.63, 3.8) is 0 Å². The van der Waals surface area contributed by atoms with Gasteiger partial charge in [-0.15, -0.1) is 0 Å². The van der Waals surface area contributed by atoms with Crippen molar-refractivity contribution in [1.82, 2.24) is 0 Å². The van der Waals surface area contributed by atoms with E-state index < -0.39 is 0 Å². The maximum absolute atomic E-state index is 12.6. The fraction of sp³-hybridized carbons (Fsp3) is 0.440. The first-order chi connectivity index (χ1) is 14.0. The number of Topliss-reactive ketones (excluding diaryl/α,β-unsaturated/α-hetero) is 1. The summed E-state index contributed by atoms with van der Waals surface area (Å²) in [6.07, 6.45) is 6.09. The van der Waals surface area contributed by atoms with Gasteiger partial charge in [-0.3, -0.25) is 4.79 Å². The predicted octanol–water partition coefficient (Wildman–Crippen LogP) is 5.94. The number of benzene rings is 2. The van der Waals surface area contributed by atoms with Crippen molar-refractivity contribution >= 4 is 34.3 Å². The summed E-state index contributed by atoms with van der Waals surface area (Å²) in [5.74, 6) is 2.52. The second kappa shape index (κ2) is 7.22. The van der Waals surface area contributed by atoms with E-state index in [0.717, 1.165) is 42.1 Å². The Morgan fingerprint density at radius 2 is 1.93 bits per heavy atom. The first-order valence-electron chi connectivity index (χ1n) is 10.6. The van der Waals surface area contributed by atoms with Gasteiger partial charge in [0.1, 0.15) is 11.5 Å². The van der Waals surface area contributed by atoms with Crippen LogP contribution >= 0.6 is 22.6 Å². The summed E-state index contributed by atoms with van der Waals surface area (Å²) in [4.78, 5) is 25.1. The summed E-state index contributed by atoms with van der Waals surface area (Å²) < 4.78 is 6.59. The first kappa shape index (κ1) is 19.3. The molecule has 3 nitrogen and oxygen atoms in total. The van der Waals surface area contributed by atoms with Crippen LogP contribution in [-0.2, 0) is 11.2 Å². The molecule has 4 atom stereocenters. The monoisotopic (exact) mass is 500 g/mol. The molecule has 2 aromatic carbocycles. The summed E-state index contributed by atoms with van der Waals surface area (Å²) in [6, 6.07) is 13.7. The molecule has 3 aliphatic carbocycles. The van der Waals surface area contributed by atoms with Gasteiger partial charge in [0.05, 0.1) is 5.56 Å². The molecule has 0 spiro atoms. The van der Waals surface area contributed by atoms with Crippen LogP contribution in [0.3, 0.4) is 0 Å². The largest absolute Gasteiger partial charge is 0.423 e. The zero-order valence-electron chi connectivity index (χ0n) is 16.6. The van der Waals surface area contributed by atoms with Crippen molar-refractivity contribution < 1.29 is 14.3 Å². The van der Waals surface area contributed by atoms with E-state index in [4.69, 9.17) is 4.74 Å². The number of carbonyl (C=O) groups excluding carboxylic acids is 2. The van der Waals surface area contributed by atoms with Crippen LogP contribution in [0.1, 0.15) is 66.4 Å². The van der Waals surface area contributed by atoms with Crippen LogP contribution in [-0.4, -0.2) is 11.8 Å². The molecule has 0 aliphatic heterocycles. The quantitative estimate of drug-likeness (QED) is 0.292. The molecular weight excluding hydrogens is 475 g/mol. The van der Waals surface area contributed by atoms with E-state index in [-0.39, 0.29) is 11.4 Å². The lowest BCUT2D eigenvalue weighted by atomic mass is 9.55. The Hall–Kier alpha value is -1.69. The molecule has 5 rings (SSSR count). The van der Waals surface area contributed by atoms with E-state index in [9.17, 15) is 9.59 Å². The van der Waals surface area contributed by atoms with E-state index in [0.29, 0.717) is 34.8 Å². The van der Waals surface area contributed by atoms with E-state index in [1.165, 1.54) is 11.1 Å². The lowest BCUT2D eigenvalue weighted by molar-refractivity contribution is -0.129. The Morgan fingerprint density at radius 1 is 1.10 bits per heavy atom. The van der Waals surface area contributed by atoms with Gasteiger partial charge in [-0.05, 0) is 108 Å². The Kier molecular flexibility index (Phi) is 4.80. The maximum atomic E-state index is 12.6. The normalized spacial score (nSPS) is 30.3. The molecule has 0 bridgehead atoms. The number of halogens is 1. The van der Waals surface area contributed by atoms with Crippen molar-refractivity contribution in [2.75, 3.05) is 0 Å². The third-order valence-electron chi connectivity index (χ3n) is 7.71. The second-order valence-electron chi connectivity index (χ2n) is 9.06. The topological polar surface area (TPSA) is 43.4 Å². The molecule has 0 amide bonds. The molecular formula is C25H25IO3. The number of hydrogen-bond donors (Lipinski definition) is 0. The molecule has 0 aromatic heterocycles. The van der Waals surface area contributed by atoms with Crippen LogP contribution in [0.2, 0.25) is 0 Å². The van der Waals surface area contributed by atoms with Crippen LogP contribution < -0.4 is 4.74 Å². The van der Waals surface area contributed by atoms with Crippen molar-refractivity contribution in [2.24, 2.45) is 17.3 Å². The minimum Gasteiger partial charge on any atom is -0.423 e. The molecule has 2 fully saturated rings. The fourth-order valence-corrected chi connectivity index (χ4v) is 6.79. The highest BCUT2D eigenvalue weighted by Crippen LogP contribution is 2.59. The highest BCUT2D eigenvalue weighted by Gasteiger charge is 2.54. The molecule has 2 saturated carbocycles. The predicted molar refractivity (Wildman–Crippen MR) is 120 cm³/mol. The van der Waals surface area contributed by atoms with Crippen LogP contribution in [0.4, 0.5) is 0 Å². The smallest absolute Gasteiger partial charge is 0.344 e. The summed E-state index contributed by atoms with van der Waals surface area (Å²) >= 11 is 2.16. The van der Waals surface area contributed by atoms with Gasteiger partial charge in [0.25, 0.3) is 0 Å². The summed E-state index contributed by atoms with van der Waals surface area (Å²) in [5, 5.41) is 0. The standard InChI is InChI=1S/C25H25IO3/c1-25-13-12-18-17-9-7-16(29-24(28)20-4-2-3-5-22(20)26)14-15(17)6-8-19(18)21(25)10-11-23(25)27/h2-5,7,9,14,18-19,21H,6,8,10-13H2,1H3/t18-,19-,21+,25+/m1/s1. The summed E-state index contributed by atoms with van der Waals surface area (Å²) in [6.45, 7) is 2.21.